The van der Waals surface area contributed by atoms with Gasteiger partial charge in [-0.05, 0) is 33.8 Å². The predicted octanol–water partition coefficient (Wildman–Crippen LogP) is 1.63. The van der Waals surface area contributed by atoms with Gasteiger partial charge < -0.3 is 16.3 Å². The van der Waals surface area contributed by atoms with Crippen LogP contribution in [0.3, 0.4) is 0 Å². The first kappa shape index (κ1) is 12.5. The second-order valence-corrected chi connectivity index (χ2v) is 4.91. The number of rotatable bonds is 2. The van der Waals surface area contributed by atoms with Gasteiger partial charge in [-0.2, -0.15) is 0 Å². The molecular formula is C13H15N5O2. The van der Waals surface area contributed by atoms with E-state index in [0.29, 0.717) is 5.92 Å². The lowest BCUT2D eigenvalue weighted by Gasteiger charge is -2.15. The topological polar surface area (TPSA) is 110 Å². The van der Waals surface area contributed by atoms with E-state index in [2.05, 4.69) is 44.5 Å². The number of nitrogen functional groups attached to an aromatic ring is 1. The number of hydrogen-bond donors (Lipinski definition) is 3. The number of fused-ring (bicyclic) bond motifs is 1. The van der Waals surface area contributed by atoms with Crippen LogP contribution in [0.4, 0.5) is 5.82 Å². The first-order valence-corrected chi connectivity index (χ1v) is 6.36. The van der Waals surface area contributed by atoms with E-state index in [9.17, 15) is 0 Å². The minimum atomic E-state index is 0.0446. The number of nitrogens with two attached hydrogens (primary N) is 1. The molecular weight excluding hydrogens is 258 g/mol. The standard InChI is InChI=1S/C13H15N5O2/c1-7-6-10(9-5-3-2-4-8(7)9)15-13(16-19)11-12(14)18-20-17-11/h2-5,7,10,19H,6H2,1H3,(H2,14,18)(H,15,16)/t7-,10+/m0/s1. The molecule has 1 aliphatic rings. The van der Waals surface area contributed by atoms with Crippen LogP contribution in [0.15, 0.2) is 34.1 Å². The first-order valence-electron chi connectivity index (χ1n) is 6.36. The molecule has 0 unspecified atom stereocenters. The van der Waals surface area contributed by atoms with Crippen molar-refractivity contribution in [3.05, 3.63) is 41.1 Å². The maximum Gasteiger partial charge on any atom is 0.199 e. The Kier molecular flexibility index (Phi) is 3.02. The fraction of sp³-hybridized carbons (Fsp3) is 0.308. The van der Waals surface area contributed by atoms with Gasteiger partial charge in [0.15, 0.2) is 17.3 Å². The summed E-state index contributed by atoms with van der Waals surface area (Å²) < 4.78 is 4.53. The van der Waals surface area contributed by atoms with Gasteiger partial charge in [0.05, 0.1) is 6.04 Å². The summed E-state index contributed by atoms with van der Waals surface area (Å²) in [6, 6.07) is 8.24. The quantitative estimate of drug-likeness (QED) is 0.332. The van der Waals surface area contributed by atoms with Crippen LogP contribution in [0.25, 0.3) is 0 Å². The molecule has 104 valence electrons. The molecule has 2 atom stereocenters. The third-order valence-electron chi connectivity index (χ3n) is 3.64. The lowest BCUT2D eigenvalue weighted by molar-refractivity contribution is 0.303. The summed E-state index contributed by atoms with van der Waals surface area (Å²) >= 11 is 0. The van der Waals surface area contributed by atoms with Crippen LogP contribution in [0, 0.1) is 0 Å². The summed E-state index contributed by atoms with van der Waals surface area (Å²) in [7, 11) is 0. The van der Waals surface area contributed by atoms with Gasteiger partial charge in [-0.3, -0.25) is 0 Å². The molecule has 7 nitrogen and oxygen atoms in total. The van der Waals surface area contributed by atoms with Crippen molar-refractivity contribution in [2.75, 3.05) is 5.73 Å². The van der Waals surface area contributed by atoms with Crippen LogP contribution >= 0.6 is 0 Å². The molecule has 20 heavy (non-hydrogen) atoms. The molecule has 1 aliphatic carbocycles. The molecule has 1 heterocycles. The molecule has 0 bridgehead atoms. The average Bonchev–Trinajstić information content (AvgIpc) is 3.01. The number of nitrogens with zero attached hydrogens (tertiary/aromatic N) is 3. The Morgan fingerprint density at radius 3 is 2.80 bits per heavy atom. The van der Waals surface area contributed by atoms with Gasteiger partial charge in [0.2, 0.25) is 0 Å². The molecule has 0 fully saturated rings. The Labute approximate surface area is 115 Å². The van der Waals surface area contributed by atoms with Gasteiger partial charge in [0.25, 0.3) is 0 Å². The Morgan fingerprint density at radius 2 is 2.15 bits per heavy atom. The zero-order chi connectivity index (χ0) is 14.1. The van der Waals surface area contributed by atoms with Gasteiger partial charge in [-0.1, -0.05) is 36.3 Å². The molecule has 7 heteroatoms. The highest BCUT2D eigenvalue weighted by atomic mass is 16.6. The van der Waals surface area contributed by atoms with Crippen molar-refractivity contribution in [1.29, 1.82) is 0 Å². The van der Waals surface area contributed by atoms with Crippen LogP contribution < -0.4 is 11.1 Å². The number of oxime groups is 1. The van der Waals surface area contributed by atoms with E-state index in [1.165, 1.54) is 11.1 Å². The third-order valence-corrected chi connectivity index (χ3v) is 3.64. The van der Waals surface area contributed by atoms with Crippen LogP contribution in [-0.2, 0) is 0 Å². The number of hydrogen-bond acceptors (Lipinski definition) is 6. The second kappa shape index (κ2) is 4.84. The van der Waals surface area contributed by atoms with E-state index >= 15 is 0 Å². The third kappa shape index (κ3) is 1.97. The lowest BCUT2D eigenvalue weighted by atomic mass is 10.0. The van der Waals surface area contributed by atoms with Gasteiger partial charge in [0, 0.05) is 0 Å². The highest BCUT2D eigenvalue weighted by Crippen LogP contribution is 2.39. The number of aromatic nitrogens is 2. The van der Waals surface area contributed by atoms with Crippen LogP contribution in [0.2, 0.25) is 0 Å². The van der Waals surface area contributed by atoms with E-state index < -0.39 is 0 Å². The maximum atomic E-state index is 9.16. The molecule has 2 aromatic rings. The molecule has 3 rings (SSSR count). The average molecular weight is 273 g/mol. The van der Waals surface area contributed by atoms with Gasteiger partial charge in [-0.25, -0.2) is 4.63 Å². The molecule has 4 N–H and O–H groups in total. The molecule has 0 saturated heterocycles. The molecule has 1 aromatic heterocycles. The van der Waals surface area contributed by atoms with Crippen LogP contribution in [0.1, 0.15) is 42.1 Å². The van der Waals surface area contributed by atoms with Crippen molar-refractivity contribution in [3.63, 3.8) is 0 Å². The molecule has 0 saturated carbocycles. The van der Waals surface area contributed by atoms with E-state index in [4.69, 9.17) is 10.9 Å². The van der Waals surface area contributed by atoms with Crippen molar-refractivity contribution >= 4 is 11.7 Å². The maximum absolute atomic E-state index is 9.16. The molecule has 1 aromatic carbocycles. The summed E-state index contributed by atoms with van der Waals surface area (Å²) in [6.45, 7) is 2.17. The number of amidine groups is 1. The summed E-state index contributed by atoms with van der Waals surface area (Å²) in [5, 5.41) is 22.6. The lowest BCUT2D eigenvalue weighted by Crippen LogP contribution is -2.29. The Bertz CT molecular complexity index is 652. The van der Waals surface area contributed by atoms with Gasteiger partial charge >= 0.3 is 0 Å². The number of nitrogens with one attached hydrogen (secondary N) is 1. The van der Waals surface area contributed by atoms with E-state index in [0.717, 1.165) is 6.42 Å². The normalized spacial score (nSPS) is 21.8. The number of anilines is 1. The summed E-state index contributed by atoms with van der Waals surface area (Å²) in [5.41, 5.74) is 8.32. The smallest absolute Gasteiger partial charge is 0.199 e. The Morgan fingerprint density at radius 1 is 1.40 bits per heavy atom. The predicted molar refractivity (Wildman–Crippen MR) is 72.4 cm³/mol. The Hall–Kier alpha value is -2.57. The summed E-state index contributed by atoms with van der Waals surface area (Å²) in [6.07, 6.45) is 0.906. The SMILES string of the molecule is C[C@H]1C[C@@H](N/C(=N\O)c2nonc2N)c2ccccc21. The zero-order valence-corrected chi connectivity index (χ0v) is 10.9. The molecule has 0 spiro atoms. The van der Waals surface area contributed by atoms with Crippen molar-refractivity contribution in [1.82, 2.24) is 15.6 Å². The fourth-order valence-electron chi connectivity index (χ4n) is 2.69. The van der Waals surface area contributed by atoms with Crippen molar-refractivity contribution < 1.29 is 9.84 Å². The van der Waals surface area contributed by atoms with Crippen LogP contribution in [-0.4, -0.2) is 21.4 Å². The highest BCUT2D eigenvalue weighted by Gasteiger charge is 2.29. The van der Waals surface area contributed by atoms with Crippen molar-refractivity contribution in [2.45, 2.75) is 25.3 Å². The second-order valence-electron chi connectivity index (χ2n) is 4.91. The monoisotopic (exact) mass is 273 g/mol. The fourth-order valence-corrected chi connectivity index (χ4v) is 2.69. The minimum Gasteiger partial charge on any atom is -0.409 e. The summed E-state index contributed by atoms with van der Waals surface area (Å²) in [4.78, 5) is 0. The largest absolute Gasteiger partial charge is 0.409 e. The highest BCUT2D eigenvalue weighted by molar-refractivity contribution is 6.00. The minimum absolute atomic E-state index is 0.0446. The summed E-state index contributed by atoms with van der Waals surface area (Å²) in [5.74, 6) is 0.693. The van der Waals surface area contributed by atoms with Crippen LogP contribution in [0.5, 0.6) is 0 Å². The van der Waals surface area contributed by atoms with E-state index in [1.54, 1.807) is 0 Å². The molecule has 0 aliphatic heterocycles. The van der Waals surface area contributed by atoms with Gasteiger partial charge in [-0.15, -0.1) is 0 Å². The molecule has 0 amide bonds. The van der Waals surface area contributed by atoms with E-state index in [-0.39, 0.29) is 23.4 Å². The van der Waals surface area contributed by atoms with Gasteiger partial charge in [0.1, 0.15) is 0 Å². The number of benzene rings is 1. The zero-order valence-electron chi connectivity index (χ0n) is 10.9. The Balaban J connectivity index is 1.87. The first-order chi connectivity index (χ1) is 9.70. The van der Waals surface area contributed by atoms with E-state index in [1.807, 2.05) is 12.1 Å². The van der Waals surface area contributed by atoms with Crippen molar-refractivity contribution in [2.24, 2.45) is 5.16 Å². The molecule has 0 radical (unpaired) electrons. The van der Waals surface area contributed by atoms with Crippen molar-refractivity contribution in [3.8, 4) is 0 Å².